The van der Waals surface area contributed by atoms with E-state index in [-0.39, 0.29) is 11.2 Å². The molecule has 1 aliphatic heterocycles. The number of oxazole rings is 1. The van der Waals surface area contributed by atoms with Crippen molar-refractivity contribution in [2.75, 3.05) is 0 Å². The van der Waals surface area contributed by atoms with Crippen molar-refractivity contribution in [2.45, 2.75) is 38.9 Å². The van der Waals surface area contributed by atoms with Gasteiger partial charge >= 0.3 is 7.12 Å². The topological polar surface area (TPSA) is 49.4 Å². The lowest BCUT2D eigenvalue weighted by atomic mass is 9.78. The van der Waals surface area contributed by atoms with Crippen LogP contribution in [0.3, 0.4) is 0 Å². The summed E-state index contributed by atoms with van der Waals surface area (Å²) >= 11 is 0. The molecular formula is C31H27BN2O3. The van der Waals surface area contributed by atoms with Crippen molar-refractivity contribution in [3.05, 3.63) is 91.0 Å². The van der Waals surface area contributed by atoms with Gasteiger partial charge in [-0.15, -0.1) is 0 Å². The van der Waals surface area contributed by atoms with E-state index in [9.17, 15) is 0 Å². The zero-order chi connectivity index (χ0) is 25.4. The SMILES string of the molecule is CC1(C)OB(c2ccc3c(c2)c2ccccc2n3-c2ccc(-c3nc4ccccc4o3)cc2)OC1(C)C. The highest BCUT2D eigenvalue weighted by Crippen LogP contribution is 2.38. The number of rotatable bonds is 3. The highest BCUT2D eigenvalue weighted by Gasteiger charge is 2.51. The van der Waals surface area contributed by atoms with E-state index in [2.05, 4.69) is 104 Å². The number of benzene rings is 4. The Balaban J connectivity index is 1.32. The predicted molar refractivity (Wildman–Crippen MR) is 149 cm³/mol. The van der Waals surface area contributed by atoms with Gasteiger partial charge in [-0.3, -0.25) is 0 Å². The molecule has 0 spiro atoms. The van der Waals surface area contributed by atoms with Crippen LogP contribution in [-0.4, -0.2) is 27.9 Å². The number of nitrogens with zero attached hydrogens (tertiary/aromatic N) is 2. The summed E-state index contributed by atoms with van der Waals surface area (Å²) in [6.07, 6.45) is 0. The minimum absolute atomic E-state index is 0.378. The smallest absolute Gasteiger partial charge is 0.436 e. The second-order valence-corrected chi connectivity index (χ2v) is 10.8. The Morgan fingerprint density at radius 2 is 1.38 bits per heavy atom. The quantitative estimate of drug-likeness (QED) is 0.256. The summed E-state index contributed by atoms with van der Waals surface area (Å²) in [7, 11) is -0.396. The lowest BCUT2D eigenvalue weighted by Crippen LogP contribution is -2.41. The molecule has 0 bridgehead atoms. The molecule has 0 amide bonds. The van der Waals surface area contributed by atoms with E-state index in [1.165, 1.54) is 10.8 Å². The number of hydrogen-bond donors (Lipinski definition) is 0. The van der Waals surface area contributed by atoms with Gasteiger partial charge in [0.25, 0.3) is 0 Å². The third-order valence-corrected chi connectivity index (χ3v) is 7.89. The van der Waals surface area contributed by atoms with E-state index >= 15 is 0 Å². The van der Waals surface area contributed by atoms with Crippen LogP contribution in [0, 0.1) is 0 Å². The Labute approximate surface area is 215 Å². The normalized spacial score (nSPS) is 16.8. The van der Waals surface area contributed by atoms with Gasteiger partial charge in [0, 0.05) is 22.0 Å². The highest BCUT2D eigenvalue weighted by molar-refractivity contribution is 6.62. The van der Waals surface area contributed by atoms with Crippen molar-refractivity contribution in [3.63, 3.8) is 0 Å². The minimum atomic E-state index is -0.396. The van der Waals surface area contributed by atoms with Gasteiger partial charge in [0.05, 0.1) is 22.2 Å². The zero-order valence-electron chi connectivity index (χ0n) is 21.4. The number of fused-ring (bicyclic) bond motifs is 4. The van der Waals surface area contributed by atoms with Crippen molar-refractivity contribution in [1.82, 2.24) is 9.55 Å². The molecule has 6 heteroatoms. The van der Waals surface area contributed by atoms with Crippen LogP contribution in [0.25, 0.3) is 50.0 Å². The first-order chi connectivity index (χ1) is 17.8. The standard InChI is InChI=1S/C31H27BN2O3/c1-30(2)31(3,4)37-32(36-30)21-15-18-27-24(19-21)23-9-5-7-11-26(23)34(27)22-16-13-20(14-17-22)29-33-25-10-6-8-12-28(25)35-29/h5-19H,1-4H3. The molecule has 1 saturated heterocycles. The van der Waals surface area contributed by atoms with Crippen molar-refractivity contribution >= 4 is 45.5 Å². The van der Waals surface area contributed by atoms with E-state index < -0.39 is 7.12 Å². The van der Waals surface area contributed by atoms with Crippen molar-refractivity contribution < 1.29 is 13.7 Å². The lowest BCUT2D eigenvalue weighted by Gasteiger charge is -2.32. The molecule has 5 nitrogen and oxygen atoms in total. The molecule has 1 fully saturated rings. The van der Waals surface area contributed by atoms with Crippen molar-refractivity contribution in [3.8, 4) is 17.1 Å². The molecule has 0 radical (unpaired) electrons. The summed E-state index contributed by atoms with van der Waals surface area (Å²) in [4.78, 5) is 4.65. The predicted octanol–water partition coefficient (Wildman–Crippen LogP) is 6.89. The Morgan fingerprint density at radius 3 is 2.14 bits per heavy atom. The fourth-order valence-electron chi connectivity index (χ4n) is 5.14. The maximum atomic E-state index is 6.34. The molecule has 0 unspecified atom stereocenters. The molecule has 6 aromatic rings. The molecule has 3 heterocycles. The van der Waals surface area contributed by atoms with Gasteiger partial charge in [-0.2, -0.15) is 0 Å². The second kappa shape index (κ2) is 7.82. The Kier molecular flexibility index (Phi) is 4.72. The van der Waals surface area contributed by atoms with Gasteiger partial charge in [-0.05, 0) is 81.7 Å². The molecule has 0 N–H and O–H groups in total. The first-order valence-electron chi connectivity index (χ1n) is 12.7. The molecule has 182 valence electrons. The largest absolute Gasteiger partial charge is 0.494 e. The summed E-state index contributed by atoms with van der Waals surface area (Å²) in [6, 6.07) is 31.2. The van der Waals surface area contributed by atoms with Crippen molar-refractivity contribution in [1.29, 1.82) is 0 Å². The van der Waals surface area contributed by atoms with Gasteiger partial charge in [-0.25, -0.2) is 4.98 Å². The maximum Gasteiger partial charge on any atom is 0.494 e. The third-order valence-electron chi connectivity index (χ3n) is 7.89. The van der Waals surface area contributed by atoms with Gasteiger partial charge in [-0.1, -0.05) is 42.5 Å². The summed E-state index contributed by atoms with van der Waals surface area (Å²) in [6.45, 7) is 8.34. The van der Waals surface area contributed by atoms with Crippen LogP contribution in [-0.2, 0) is 9.31 Å². The van der Waals surface area contributed by atoms with E-state index in [1.807, 2.05) is 24.3 Å². The van der Waals surface area contributed by atoms with E-state index in [0.29, 0.717) is 5.89 Å². The fourth-order valence-corrected chi connectivity index (χ4v) is 5.14. The molecule has 1 aliphatic rings. The molecule has 0 saturated carbocycles. The monoisotopic (exact) mass is 486 g/mol. The fraction of sp³-hybridized carbons (Fsp3) is 0.194. The first kappa shape index (κ1) is 22.3. The average Bonchev–Trinajstić information content (AvgIpc) is 3.53. The van der Waals surface area contributed by atoms with Crippen LogP contribution in [0.5, 0.6) is 0 Å². The number of hydrogen-bond acceptors (Lipinski definition) is 4. The van der Waals surface area contributed by atoms with Crippen LogP contribution >= 0.6 is 0 Å². The molecule has 7 rings (SSSR count). The van der Waals surface area contributed by atoms with Crippen LogP contribution in [0.4, 0.5) is 0 Å². The van der Waals surface area contributed by atoms with Crippen LogP contribution in [0.15, 0.2) is 95.4 Å². The number of para-hydroxylation sites is 3. The van der Waals surface area contributed by atoms with Gasteiger partial charge in [0.15, 0.2) is 5.58 Å². The second-order valence-electron chi connectivity index (χ2n) is 10.8. The van der Waals surface area contributed by atoms with Gasteiger partial charge < -0.3 is 18.3 Å². The van der Waals surface area contributed by atoms with E-state index in [1.54, 1.807) is 0 Å². The molecule has 2 aromatic heterocycles. The average molecular weight is 486 g/mol. The molecule has 0 aliphatic carbocycles. The maximum absolute atomic E-state index is 6.34. The Morgan fingerprint density at radius 1 is 0.703 bits per heavy atom. The van der Waals surface area contributed by atoms with Crippen LogP contribution in [0.1, 0.15) is 27.7 Å². The lowest BCUT2D eigenvalue weighted by molar-refractivity contribution is 0.00578. The molecule has 0 atom stereocenters. The van der Waals surface area contributed by atoms with Crippen LogP contribution < -0.4 is 5.46 Å². The summed E-state index contributed by atoms with van der Waals surface area (Å²) < 4.78 is 20.9. The van der Waals surface area contributed by atoms with Crippen molar-refractivity contribution in [2.24, 2.45) is 0 Å². The number of aromatic nitrogens is 2. The summed E-state index contributed by atoms with van der Waals surface area (Å²) in [5, 5.41) is 2.37. The van der Waals surface area contributed by atoms with E-state index in [4.69, 9.17) is 13.7 Å². The molecule has 37 heavy (non-hydrogen) atoms. The molecule has 4 aromatic carbocycles. The Bertz CT molecular complexity index is 1750. The summed E-state index contributed by atoms with van der Waals surface area (Å²) in [5.74, 6) is 0.627. The highest BCUT2D eigenvalue weighted by atomic mass is 16.7. The minimum Gasteiger partial charge on any atom is -0.436 e. The van der Waals surface area contributed by atoms with Gasteiger partial charge in [0.1, 0.15) is 5.52 Å². The van der Waals surface area contributed by atoms with Gasteiger partial charge in [0.2, 0.25) is 5.89 Å². The third kappa shape index (κ3) is 3.44. The Hall–Kier alpha value is -3.87. The van der Waals surface area contributed by atoms with Crippen LogP contribution in [0.2, 0.25) is 0 Å². The molecular weight excluding hydrogens is 459 g/mol. The van der Waals surface area contributed by atoms with E-state index in [0.717, 1.165) is 38.8 Å². The first-order valence-corrected chi connectivity index (χ1v) is 12.7. The zero-order valence-corrected chi connectivity index (χ0v) is 21.4. The summed E-state index contributed by atoms with van der Waals surface area (Å²) in [5.41, 5.74) is 6.24.